The predicted octanol–water partition coefficient (Wildman–Crippen LogP) is 2.04. The first-order chi connectivity index (χ1) is 8.86. The van der Waals surface area contributed by atoms with E-state index >= 15 is 0 Å². The summed E-state index contributed by atoms with van der Waals surface area (Å²) in [5.74, 6) is 1.55. The predicted molar refractivity (Wildman–Crippen MR) is 70.9 cm³/mol. The van der Waals surface area contributed by atoms with E-state index in [1.807, 2.05) is 6.33 Å². The highest BCUT2D eigenvalue weighted by molar-refractivity contribution is 5.40. The molecule has 0 radical (unpaired) electrons. The van der Waals surface area contributed by atoms with E-state index in [1.54, 1.807) is 0 Å². The molecule has 1 aliphatic rings. The molecular formula is C14H18N4. The second-order valence-electron chi connectivity index (χ2n) is 4.89. The third kappa shape index (κ3) is 2.04. The van der Waals surface area contributed by atoms with Crippen LogP contribution in [0.15, 0.2) is 30.6 Å². The lowest BCUT2D eigenvalue weighted by Crippen LogP contribution is -2.30. The van der Waals surface area contributed by atoms with Gasteiger partial charge in [0.2, 0.25) is 0 Å². The van der Waals surface area contributed by atoms with Gasteiger partial charge in [-0.2, -0.15) is 0 Å². The van der Waals surface area contributed by atoms with Crippen LogP contribution in [0.3, 0.4) is 0 Å². The molecule has 0 amide bonds. The quantitative estimate of drug-likeness (QED) is 0.876. The highest BCUT2D eigenvalue weighted by Crippen LogP contribution is 2.24. The van der Waals surface area contributed by atoms with E-state index < -0.39 is 0 Å². The Morgan fingerprint density at radius 3 is 3.00 bits per heavy atom. The number of aryl methyl sites for hydroxylation is 1. The Kier molecular flexibility index (Phi) is 3.11. The molecule has 0 spiro atoms. The van der Waals surface area contributed by atoms with Crippen LogP contribution in [-0.2, 0) is 0 Å². The molecule has 1 fully saturated rings. The Bertz CT molecular complexity index is 526. The zero-order valence-electron chi connectivity index (χ0n) is 10.6. The van der Waals surface area contributed by atoms with Gasteiger partial charge in [-0.15, -0.1) is 10.2 Å². The molecule has 2 heterocycles. The third-order valence-electron chi connectivity index (χ3n) is 3.61. The Morgan fingerprint density at radius 2 is 2.22 bits per heavy atom. The fraction of sp³-hybridized carbons (Fsp3) is 0.429. The first-order valence-electron chi connectivity index (χ1n) is 6.53. The summed E-state index contributed by atoms with van der Waals surface area (Å²) in [4.78, 5) is 0. The van der Waals surface area contributed by atoms with Crippen molar-refractivity contribution in [2.45, 2.75) is 25.7 Å². The van der Waals surface area contributed by atoms with Gasteiger partial charge in [0, 0.05) is 12.5 Å². The van der Waals surface area contributed by atoms with Crippen LogP contribution in [-0.4, -0.2) is 27.9 Å². The van der Waals surface area contributed by atoms with Crippen molar-refractivity contribution in [2.75, 3.05) is 13.1 Å². The van der Waals surface area contributed by atoms with Crippen molar-refractivity contribution in [3.05, 3.63) is 42.0 Å². The number of nitrogens with one attached hydrogen (secondary N) is 1. The lowest BCUT2D eigenvalue weighted by Gasteiger charge is -2.22. The van der Waals surface area contributed by atoms with Gasteiger partial charge in [0.15, 0.2) is 0 Å². The lowest BCUT2D eigenvalue weighted by atomic mass is 9.98. The fourth-order valence-electron chi connectivity index (χ4n) is 2.61. The van der Waals surface area contributed by atoms with Gasteiger partial charge in [-0.25, -0.2) is 0 Å². The summed E-state index contributed by atoms with van der Waals surface area (Å²) in [5, 5.41) is 11.9. The monoisotopic (exact) mass is 242 g/mol. The number of para-hydroxylation sites is 1. The first-order valence-corrected chi connectivity index (χ1v) is 6.53. The summed E-state index contributed by atoms with van der Waals surface area (Å²) in [6.07, 6.45) is 4.23. The van der Waals surface area contributed by atoms with Gasteiger partial charge < -0.3 is 5.32 Å². The normalized spacial score (nSPS) is 19.9. The summed E-state index contributed by atoms with van der Waals surface area (Å²) in [7, 11) is 0. The number of hydrogen-bond acceptors (Lipinski definition) is 3. The van der Waals surface area contributed by atoms with E-state index in [1.165, 1.54) is 24.1 Å². The molecule has 18 heavy (non-hydrogen) atoms. The average molecular weight is 242 g/mol. The molecule has 0 aliphatic carbocycles. The Labute approximate surface area is 107 Å². The molecule has 1 aliphatic heterocycles. The van der Waals surface area contributed by atoms with E-state index in [4.69, 9.17) is 0 Å². The topological polar surface area (TPSA) is 42.7 Å². The number of benzene rings is 1. The first kappa shape index (κ1) is 11.4. The van der Waals surface area contributed by atoms with E-state index in [0.717, 1.165) is 18.9 Å². The maximum atomic E-state index is 4.33. The summed E-state index contributed by atoms with van der Waals surface area (Å²) in [5.41, 5.74) is 2.44. The number of aromatic nitrogens is 3. The van der Waals surface area contributed by atoms with E-state index in [2.05, 4.69) is 51.3 Å². The molecule has 0 bridgehead atoms. The smallest absolute Gasteiger partial charge is 0.141 e. The Hall–Kier alpha value is -1.68. The van der Waals surface area contributed by atoms with E-state index in [9.17, 15) is 0 Å². The van der Waals surface area contributed by atoms with Crippen molar-refractivity contribution in [2.24, 2.45) is 0 Å². The van der Waals surface area contributed by atoms with Crippen LogP contribution in [0.1, 0.15) is 30.1 Å². The van der Waals surface area contributed by atoms with Gasteiger partial charge in [-0.05, 0) is 37.9 Å². The van der Waals surface area contributed by atoms with Crippen LogP contribution in [0.2, 0.25) is 0 Å². The van der Waals surface area contributed by atoms with Gasteiger partial charge in [0.05, 0.1) is 5.69 Å². The van der Waals surface area contributed by atoms with Gasteiger partial charge in [-0.1, -0.05) is 18.2 Å². The minimum atomic E-state index is 0.473. The number of hydrogen-bond donors (Lipinski definition) is 1. The van der Waals surface area contributed by atoms with Crippen LogP contribution in [0.5, 0.6) is 0 Å². The minimum Gasteiger partial charge on any atom is -0.316 e. The van der Waals surface area contributed by atoms with Gasteiger partial charge in [0.25, 0.3) is 0 Å². The zero-order chi connectivity index (χ0) is 12.4. The summed E-state index contributed by atoms with van der Waals surface area (Å²) >= 11 is 0. The molecule has 1 N–H and O–H groups in total. The highest BCUT2D eigenvalue weighted by Gasteiger charge is 2.21. The zero-order valence-corrected chi connectivity index (χ0v) is 10.6. The van der Waals surface area contributed by atoms with Crippen molar-refractivity contribution < 1.29 is 0 Å². The van der Waals surface area contributed by atoms with Crippen LogP contribution >= 0.6 is 0 Å². The van der Waals surface area contributed by atoms with Crippen LogP contribution in [0, 0.1) is 6.92 Å². The maximum Gasteiger partial charge on any atom is 0.141 e. The molecule has 1 unspecified atom stereocenters. The van der Waals surface area contributed by atoms with E-state index in [-0.39, 0.29) is 0 Å². The lowest BCUT2D eigenvalue weighted by molar-refractivity contribution is 0.442. The van der Waals surface area contributed by atoms with Crippen LogP contribution in [0.25, 0.3) is 5.69 Å². The third-order valence-corrected chi connectivity index (χ3v) is 3.61. The second kappa shape index (κ2) is 4.90. The maximum absolute atomic E-state index is 4.33. The number of piperidine rings is 1. The summed E-state index contributed by atoms with van der Waals surface area (Å²) in [6.45, 7) is 4.25. The molecule has 1 saturated heterocycles. The molecule has 1 aromatic heterocycles. The molecule has 94 valence electrons. The molecule has 4 nitrogen and oxygen atoms in total. The van der Waals surface area contributed by atoms with Gasteiger partial charge in [0.1, 0.15) is 12.2 Å². The molecule has 3 rings (SSSR count). The second-order valence-corrected chi connectivity index (χ2v) is 4.89. The van der Waals surface area contributed by atoms with Crippen LogP contribution < -0.4 is 5.32 Å². The fourth-order valence-corrected chi connectivity index (χ4v) is 2.61. The minimum absolute atomic E-state index is 0.473. The van der Waals surface area contributed by atoms with Crippen molar-refractivity contribution in [1.82, 2.24) is 20.1 Å². The summed E-state index contributed by atoms with van der Waals surface area (Å²) in [6, 6.07) is 8.37. The van der Waals surface area contributed by atoms with Crippen molar-refractivity contribution in [1.29, 1.82) is 0 Å². The number of nitrogens with zero attached hydrogens (tertiary/aromatic N) is 3. The van der Waals surface area contributed by atoms with E-state index in [0.29, 0.717) is 5.92 Å². The SMILES string of the molecule is Cc1ccccc1-n1cnnc1C1CCCNC1. The standard InChI is InChI=1S/C14H18N4/c1-11-5-2-3-7-13(11)18-10-16-17-14(18)12-6-4-8-15-9-12/h2-3,5,7,10,12,15H,4,6,8-9H2,1H3. The molecular weight excluding hydrogens is 224 g/mol. The summed E-state index contributed by atoms with van der Waals surface area (Å²) < 4.78 is 2.13. The van der Waals surface area contributed by atoms with Crippen molar-refractivity contribution >= 4 is 0 Å². The van der Waals surface area contributed by atoms with Gasteiger partial charge >= 0.3 is 0 Å². The number of rotatable bonds is 2. The molecule has 0 saturated carbocycles. The van der Waals surface area contributed by atoms with Crippen molar-refractivity contribution in [3.8, 4) is 5.69 Å². The average Bonchev–Trinajstić information content (AvgIpc) is 2.89. The van der Waals surface area contributed by atoms with Crippen LogP contribution in [0.4, 0.5) is 0 Å². The Morgan fingerprint density at radius 1 is 1.33 bits per heavy atom. The molecule has 4 heteroatoms. The molecule has 2 aromatic rings. The molecule has 1 aromatic carbocycles. The van der Waals surface area contributed by atoms with Crippen molar-refractivity contribution in [3.63, 3.8) is 0 Å². The largest absolute Gasteiger partial charge is 0.316 e. The Balaban J connectivity index is 1.98. The molecule has 1 atom stereocenters. The highest BCUT2D eigenvalue weighted by atomic mass is 15.3. The van der Waals surface area contributed by atoms with Gasteiger partial charge in [-0.3, -0.25) is 4.57 Å².